The highest BCUT2D eigenvalue weighted by Crippen LogP contribution is 2.34. The van der Waals surface area contributed by atoms with Crippen molar-refractivity contribution in [3.63, 3.8) is 0 Å². The molecule has 1 heterocycles. The highest BCUT2D eigenvalue weighted by atomic mass is 16.5. The van der Waals surface area contributed by atoms with Crippen LogP contribution in [-0.4, -0.2) is 12.1 Å². The summed E-state index contributed by atoms with van der Waals surface area (Å²) >= 11 is 0. The van der Waals surface area contributed by atoms with Gasteiger partial charge in [0.25, 0.3) is 5.56 Å². The summed E-state index contributed by atoms with van der Waals surface area (Å²) in [5, 5.41) is 0.539. The number of fused-ring (bicyclic) bond motifs is 1. The summed E-state index contributed by atoms with van der Waals surface area (Å²) in [4.78, 5) is 16.5. The minimum absolute atomic E-state index is 0.248. The average Bonchev–Trinajstić information content (AvgIpc) is 2.68. The fourth-order valence-electron chi connectivity index (χ4n) is 3.63. The van der Waals surface area contributed by atoms with E-state index in [1.807, 2.05) is 36.4 Å². The summed E-state index contributed by atoms with van der Waals surface area (Å²) in [6.45, 7) is 0. The van der Waals surface area contributed by atoms with Crippen LogP contribution in [0.25, 0.3) is 22.4 Å². The van der Waals surface area contributed by atoms with Gasteiger partial charge < -0.3 is 9.15 Å². The predicted octanol–water partition coefficient (Wildman–Crippen LogP) is 4.91. The first-order valence-corrected chi connectivity index (χ1v) is 8.84. The Bertz CT molecular complexity index is 938. The summed E-state index contributed by atoms with van der Waals surface area (Å²) in [7, 11) is 1.62. The third-order valence-electron chi connectivity index (χ3n) is 5.06. The highest BCUT2D eigenvalue weighted by molar-refractivity contribution is 5.77. The second-order valence-electron chi connectivity index (χ2n) is 6.64. The zero-order chi connectivity index (χ0) is 17.2. The fourth-order valence-corrected chi connectivity index (χ4v) is 3.63. The first kappa shape index (κ1) is 15.9. The monoisotopic (exact) mass is 335 g/mol. The lowest BCUT2D eigenvalue weighted by Gasteiger charge is -2.21. The van der Waals surface area contributed by atoms with Gasteiger partial charge in [0, 0.05) is 5.56 Å². The minimum Gasteiger partial charge on any atom is -0.497 e. The lowest BCUT2D eigenvalue weighted by Crippen LogP contribution is -2.09. The van der Waals surface area contributed by atoms with E-state index < -0.39 is 0 Å². The van der Waals surface area contributed by atoms with Crippen molar-refractivity contribution in [3.8, 4) is 17.2 Å². The maximum Gasteiger partial charge on any atom is 0.284 e. The summed E-state index contributed by atoms with van der Waals surface area (Å²) in [6, 6.07) is 13.3. The molecule has 128 valence electrons. The quantitative estimate of drug-likeness (QED) is 0.682. The molecule has 3 aromatic rings. The van der Waals surface area contributed by atoms with Gasteiger partial charge in [0.05, 0.1) is 12.5 Å². The van der Waals surface area contributed by atoms with Crippen molar-refractivity contribution in [2.24, 2.45) is 0 Å². The van der Waals surface area contributed by atoms with Crippen LogP contribution in [0.1, 0.15) is 43.6 Å². The molecule has 0 saturated heterocycles. The van der Waals surface area contributed by atoms with Gasteiger partial charge in [-0.15, -0.1) is 0 Å². The normalized spacial score (nSPS) is 15.4. The zero-order valence-corrected chi connectivity index (χ0v) is 14.3. The number of aromatic nitrogens is 1. The highest BCUT2D eigenvalue weighted by Gasteiger charge is 2.17. The zero-order valence-electron chi connectivity index (χ0n) is 14.3. The molecule has 1 aliphatic carbocycles. The topological polar surface area (TPSA) is 52.3 Å². The van der Waals surface area contributed by atoms with Crippen LogP contribution in [0, 0.1) is 0 Å². The van der Waals surface area contributed by atoms with Gasteiger partial charge in [0.2, 0.25) is 5.89 Å². The summed E-state index contributed by atoms with van der Waals surface area (Å²) in [5.74, 6) is 1.67. The largest absolute Gasteiger partial charge is 0.497 e. The second-order valence-corrected chi connectivity index (χ2v) is 6.64. The molecule has 1 aliphatic rings. The average molecular weight is 335 g/mol. The molecule has 0 unspecified atom stereocenters. The van der Waals surface area contributed by atoms with E-state index >= 15 is 0 Å². The molecule has 0 amide bonds. The van der Waals surface area contributed by atoms with E-state index in [2.05, 4.69) is 11.1 Å². The predicted molar refractivity (Wildman–Crippen MR) is 98.1 cm³/mol. The molecular formula is C21H21NO3. The van der Waals surface area contributed by atoms with E-state index in [9.17, 15) is 4.79 Å². The van der Waals surface area contributed by atoms with Gasteiger partial charge >= 0.3 is 0 Å². The van der Waals surface area contributed by atoms with E-state index in [4.69, 9.17) is 9.15 Å². The third kappa shape index (κ3) is 3.16. The molecule has 4 heteroatoms. The van der Waals surface area contributed by atoms with Gasteiger partial charge in [-0.25, -0.2) is 0 Å². The molecule has 0 bridgehead atoms. The van der Waals surface area contributed by atoms with Crippen LogP contribution in [0.2, 0.25) is 0 Å². The van der Waals surface area contributed by atoms with Gasteiger partial charge in [0.1, 0.15) is 11.3 Å². The molecule has 1 fully saturated rings. The molecule has 2 aromatic carbocycles. The third-order valence-corrected chi connectivity index (χ3v) is 5.06. The lowest BCUT2D eigenvalue weighted by molar-refractivity contribution is 0.415. The molecule has 1 saturated carbocycles. The number of methoxy groups -OCH3 is 1. The Hall–Kier alpha value is -2.62. The Kier molecular flexibility index (Phi) is 4.26. The van der Waals surface area contributed by atoms with E-state index in [-0.39, 0.29) is 5.56 Å². The number of ether oxygens (including phenoxy) is 1. The van der Waals surface area contributed by atoms with E-state index in [1.165, 1.54) is 37.7 Å². The number of hydrogen-bond donors (Lipinski definition) is 0. The molecule has 4 rings (SSSR count). The van der Waals surface area contributed by atoms with Gasteiger partial charge in [-0.1, -0.05) is 25.3 Å². The van der Waals surface area contributed by atoms with Crippen molar-refractivity contribution in [1.82, 2.24) is 4.98 Å². The van der Waals surface area contributed by atoms with Crippen LogP contribution >= 0.6 is 0 Å². The van der Waals surface area contributed by atoms with Gasteiger partial charge in [-0.3, -0.25) is 4.79 Å². The molecule has 4 nitrogen and oxygen atoms in total. The molecular weight excluding hydrogens is 314 g/mol. The Morgan fingerprint density at radius 3 is 2.52 bits per heavy atom. The number of hydrogen-bond acceptors (Lipinski definition) is 4. The SMILES string of the molecule is COc1ccc(-c2nc(=O)c3ccc(C4CCCCC4)cc3o2)cc1. The van der Waals surface area contributed by atoms with Crippen LogP contribution in [0.15, 0.2) is 51.7 Å². The molecule has 0 spiro atoms. The summed E-state index contributed by atoms with van der Waals surface area (Å²) < 4.78 is 11.2. The first-order chi connectivity index (χ1) is 12.2. The fraction of sp³-hybridized carbons (Fsp3) is 0.333. The number of benzene rings is 2. The van der Waals surface area contributed by atoms with Crippen molar-refractivity contribution in [1.29, 1.82) is 0 Å². The Labute approximate surface area is 146 Å². The van der Waals surface area contributed by atoms with Crippen LogP contribution in [0.5, 0.6) is 5.75 Å². The Balaban J connectivity index is 1.76. The number of rotatable bonds is 3. The molecule has 25 heavy (non-hydrogen) atoms. The lowest BCUT2D eigenvalue weighted by atomic mass is 9.84. The summed E-state index contributed by atoms with van der Waals surface area (Å²) in [6.07, 6.45) is 6.31. The molecule has 0 radical (unpaired) electrons. The van der Waals surface area contributed by atoms with E-state index in [1.54, 1.807) is 7.11 Å². The maximum atomic E-state index is 12.4. The van der Waals surface area contributed by atoms with Crippen LogP contribution in [0.3, 0.4) is 0 Å². The van der Waals surface area contributed by atoms with Crippen molar-refractivity contribution >= 4 is 11.0 Å². The first-order valence-electron chi connectivity index (χ1n) is 8.84. The van der Waals surface area contributed by atoms with Crippen molar-refractivity contribution in [2.45, 2.75) is 38.0 Å². The minimum atomic E-state index is -0.248. The molecule has 0 aliphatic heterocycles. The smallest absolute Gasteiger partial charge is 0.284 e. The molecule has 0 N–H and O–H groups in total. The Morgan fingerprint density at radius 1 is 1.04 bits per heavy atom. The Morgan fingerprint density at radius 2 is 1.80 bits per heavy atom. The molecule has 0 atom stereocenters. The summed E-state index contributed by atoms with van der Waals surface area (Å²) in [5.41, 5.74) is 2.40. The standard InChI is InChI=1S/C21H21NO3/c1-24-17-10-7-15(8-11-17)21-22-20(23)18-12-9-16(13-19(18)25-21)14-5-3-2-4-6-14/h7-14H,2-6H2,1H3. The van der Waals surface area contributed by atoms with Crippen LogP contribution in [-0.2, 0) is 0 Å². The van der Waals surface area contributed by atoms with Crippen molar-refractivity contribution in [3.05, 3.63) is 58.4 Å². The van der Waals surface area contributed by atoms with E-state index in [0.29, 0.717) is 22.8 Å². The van der Waals surface area contributed by atoms with E-state index in [0.717, 1.165) is 11.3 Å². The molecule has 1 aromatic heterocycles. The van der Waals surface area contributed by atoms with Crippen LogP contribution in [0.4, 0.5) is 0 Å². The van der Waals surface area contributed by atoms with Gasteiger partial charge in [-0.05, 0) is 60.7 Å². The van der Waals surface area contributed by atoms with Crippen molar-refractivity contribution < 1.29 is 9.15 Å². The van der Waals surface area contributed by atoms with Gasteiger partial charge in [-0.2, -0.15) is 4.98 Å². The van der Waals surface area contributed by atoms with Crippen LogP contribution < -0.4 is 10.3 Å². The number of nitrogens with zero attached hydrogens (tertiary/aromatic N) is 1. The second kappa shape index (κ2) is 6.71. The van der Waals surface area contributed by atoms with Gasteiger partial charge in [0.15, 0.2) is 0 Å². The maximum absolute atomic E-state index is 12.4. The van der Waals surface area contributed by atoms with Crippen molar-refractivity contribution in [2.75, 3.05) is 7.11 Å².